The standard InChI is InChI=1S/C18H20F2N2O2/c1-11-9-14(10-12(2)16(11)24-18(19)20)17(23)22(4)13(3)15-7-5-6-8-21-15/h5-10,13,18H,1-4H3/t13-/m0/s1. The normalized spacial score (nSPS) is 12.1. The number of carbonyl (C=O) groups is 1. The molecule has 0 saturated carbocycles. The van der Waals surface area contributed by atoms with Crippen molar-refractivity contribution in [2.24, 2.45) is 0 Å². The molecular formula is C18H20F2N2O2. The second kappa shape index (κ2) is 7.38. The molecule has 1 heterocycles. The predicted molar refractivity (Wildman–Crippen MR) is 87.3 cm³/mol. The molecule has 128 valence electrons. The van der Waals surface area contributed by atoms with Gasteiger partial charge in [-0.05, 0) is 56.2 Å². The summed E-state index contributed by atoms with van der Waals surface area (Å²) in [5, 5.41) is 0. The van der Waals surface area contributed by atoms with Gasteiger partial charge in [-0.2, -0.15) is 8.78 Å². The van der Waals surface area contributed by atoms with Gasteiger partial charge in [-0.25, -0.2) is 0 Å². The van der Waals surface area contributed by atoms with E-state index in [1.807, 2.05) is 25.1 Å². The number of hydrogen-bond acceptors (Lipinski definition) is 3. The largest absolute Gasteiger partial charge is 0.434 e. The minimum absolute atomic E-state index is 0.113. The van der Waals surface area contributed by atoms with E-state index in [0.29, 0.717) is 16.7 Å². The topological polar surface area (TPSA) is 42.4 Å². The number of halogens is 2. The van der Waals surface area contributed by atoms with Crippen LogP contribution in [0.2, 0.25) is 0 Å². The highest BCUT2D eigenvalue weighted by Crippen LogP contribution is 2.28. The summed E-state index contributed by atoms with van der Waals surface area (Å²) in [5.74, 6) is -0.0927. The summed E-state index contributed by atoms with van der Waals surface area (Å²) in [6, 6.07) is 8.44. The lowest BCUT2D eigenvalue weighted by atomic mass is 10.0. The summed E-state index contributed by atoms with van der Waals surface area (Å²) in [6.45, 7) is 2.28. The molecule has 0 unspecified atom stereocenters. The van der Waals surface area contributed by atoms with Crippen LogP contribution < -0.4 is 4.74 Å². The molecule has 0 aliphatic heterocycles. The smallest absolute Gasteiger partial charge is 0.387 e. The fourth-order valence-corrected chi connectivity index (χ4v) is 2.55. The molecule has 0 saturated heterocycles. The Balaban J connectivity index is 2.26. The number of hydrogen-bond donors (Lipinski definition) is 0. The minimum Gasteiger partial charge on any atom is -0.434 e. The van der Waals surface area contributed by atoms with Gasteiger partial charge in [0.25, 0.3) is 5.91 Å². The highest BCUT2D eigenvalue weighted by molar-refractivity contribution is 5.95. The second-order valence-electron chi connectivity index (χ2n) is 5.66. The third kappa shape index (κ3) is 3.88. The average Bonchev–Trinajstić information content (AvgIpc) is 2.56. The van der Waals surface area contributed by atoms with Crippen LogP contribution in [-0.4, -0.2) is 29.5 Å². The molecule has 0 aliphatic rings. The second-order valence-corrected chi connectivity index (χ2v) is 5.66. The molecular weight excluding hydrogens is 314 g/mol. The number of aryl methyl sites for hydroxylation is 2. The molecule has 1 aromatic heterocycles. The number of nitrogens with zero attached hydrogens (tertiary/aromatic N) is 2. The van der Waals surface area contributed by atoms with E-state index in [1.54, 1.807) is 44.1 Å². The molecule has 0 fully saturated rings. The van der Waals surface area contributed by atoms with Crippen molar-refractivity contribution in [3.63, 3.8) is 0 Å². The van der Waals surface area contributed by atoms with Gasteiger partial charge < -0.3 is 9.64 Å². The Morgan fingerprint density at radius 2 is 1.83 bits per heavy atom. The van der Waals surface area contributed by atoms with Crippen molar-refractivity contribution in [2.75, 3.05) is 7.05 Å². The number of benzene rings is 1. The summed E-state index contributed by atoms with van der Waals surface area (Å²) in [6.07, 6.45) is 1.68. The van der Waals surface area contributed by atoms with Crippen molar-refractivity contribution in [1.82, 2.24) is 9.88 Å². The van der Waals surface area contributed by atoms with E-state index in [9.17, 15) is 13.6 Å². The summed E-state index contributed by atoms with van der Waals surface area (Å²) < 4.78 is 29.4. The molecule has 24 heavy (non-hydrogen) atoms. The van der Waals surface area contributed by atoms with E-state index < -0.39 is 6.61 Å². The van der Waals surface area contributed by atoms with Crippen LogP contribution in [0.3, 0.4) is 0 Å². The van der Waals surface area contributed by atoms with E-state index in [1.165, 1.54) is 0 Å². The third-order valence-corrected chi connectivity index (χ3v) is 3.93. The van der Waals surface area contributed by atoms with Crippen LogP contribution in [0.5, 0.6) is 5.75 Å². The fraction of sp³-hybridized carbons (Fsp3) is 0.333. The van der Waals surface area contributed by atoms with E-state index in [0.717, 1.165) is 5.69 Å². The third-order valence-electron chi connectivity index (χ3n) is 3.93. The number of rotatable bonds is 5. The van der Waals surface area contributed by atoms with Crippen LogP contribution in [-0.2, 0) is 0 Å². The SMILES string of the molecule is Cc1cc(C(=O)N(C)[C@@H](C)c2ccccn2)cc(C)c1OC(F)F. The predicted octanol–water partition coefficient (Wildman–Crippen LogP) is 4.13. The quantitative estimate of drug-likeness (QED) is 0.825. The minimum atomic E-state index is -2.89. The van der Waals surface area contributed by atoms with Crippen molar-refractivity contribution in [3.8, 4) is 5.75 Å². The zero-order valence-corrected chi connectivity index (χ0v) is 14.1. The zero-order chi connectivity index (χ0) is 17.9. The Morgan fingerprint density at radius 3 is 2.33 bits per heavy atom. The molecule has 6 heteroatoms. The maximum atomic E-state index is 12.7. The van der Waals surface area contributed by atoms with Crippen LogP contribution in [0.25, 0.3) is 0 Å². The maximum absolute atomic E-state index is 12.7. The number of amides is 1. The average molecular weight is 334 g/mol. The van der Waals surface area contributed by atoms with Crippen LogP contribution in [0.15, 0.2) is 36.5 Å². The summed E-state index contributed by atoms with van der Waals surface area (Å²) >= 11 is 0. The van der Waals surface area contributed by atoms with Crippen LogP contribution >= 0.6 is 0 Å². The van der Waals surface area contributed by atoms with Gasteiger partial charge >= 0.3 is 6.61 Å². The highest BCUT2D eigenvalue weighted by atomic mass is 19.3. The Kier molecular flexibility index (Phi) is 5.49. The molecule has 1 atom stereocenters. The van der Waals surface area contributed by atoms with E-state index in [-0.39, 0.29) is 17.7 Å². The lowest BCUT2D eigenvalue weighted by Gasteiger charge is -2.25. The molecule has 0 radical (unpaired) electrons. The number of alkyl halides is 2. The van der Waals surface area contributed by atoms with E-state index in [4.69, 9.17) is 0 Å². The van der Waals surface area contributed by atoms with Crippen LogP contribution in [0.4, 0.5) is 8.78 Å². The number of pyridine rings is 1. The van der Waals surface area contributed by atoms with Crippen molar-refractivity contribution in [1.29, 1.82) is 0 Å². The van der Waals surface area contributed by atoms with Crippen LogP contribution in [0.1, 0.15) is 40.1 Å². The molecule has 2 rings (SSSR count). The first-order valence-electron chi connectivity index (χ1n) is 7.55. The van der Waals surface area contributed by atoms with Gasteiger partial charge in [0, 0.05) is 18.8 Å². The molecule has 0 bridgehead atoms. The number of aromatic nitrogens is 1. The molecule has 4 nitrogen and oxygen atoms in total. The molecule has 1 aromatic carbocycles. The van der Waals surface area contributed by atoms with Crippen molar-refractivity contribution in [3.05, 3.63) is 58.9 Å². The Morgan fingerprint density at radius 1 is 1.21 bits per heavy atom. The van der Waals surface area contributed by atoms with Gasteiger partial charge in [0.05, 0.1) is 11.7 Å². The first kappa shape index (κ1) is 17.8. The first-order valence-corrected chi connectivity index (χ1v) is 7.55. The first-order chi connectivity index (χ1) is 11.3. The molecule has 1 amide bonds. The summed E-state index contributed by atoms with van der Waals surface area (Å²) in [4.78, 5) is 18.5. The molecule has 2 aromatic rings. The molecule has 0 spiro atoms. The van der Waals surface area contributed by atoms with Gasteiger partial charge in [0.2, 0.25) is 0 Å². The number of ether oxygens (including phenoxy) is 1. The fourth-order valence-electron chi connectivity index (χ4n) is 2.55. The molecule has 0 N–H and O–H groups in total. The maximum Gasteiger partial charge on any atom is 0.387 e. The van der Waals surface area contributed by atoms with Crippen molar-refractivity contribution < 1.29 is 18.3 Å². The van der Waals surface area contributed by atoms with Gasteiger partial charge in [-0.15, -0.1) is 0 Å². The lowest BCUT2D eigenvalue weighted by molar-refractivity contribution is -0.0507. The van der Waals surface area contributed by atoms with E-state index in [2.05, 4.69) is 9.72 Å². The van der Waals surface area contributed by atoms with Gasteiger partial charge in [-0.1, -0.05) is 6.07 Å². The zero-order valence-electron chi connectivity index (χ0n) is 14.1. The van der Waals surface area contributed by atoms with E-state index >= 15 is 0 Å². The highest BCUT2D eigenvalue weighted by Gasteiger charge is 2.21. The monoisotopic (exact) mass is 334 g/mol. The van der Waals surface area contributed by atoms with Crippen molar-refractivity contribution in [2.45, 2.75) is 33.4 Å². The summed E-state index contributed by atoms with van der Waals surface area (Å²) in [5.41, 5.74) is 2.20. The lowest BCUT2D eigenvalue weighted by Crippen LogP contribution is -2.30. The van der Waals surface area contributed by atoms with Gasteiger partial charge in [0.1, 0.15) is 5.75 Å². The van der Waals surface area contributed by atoms with Crippen molar-refractivity contribution >= 4 is 5.91 Å². The van der Waals surface area contributed by atoms with Gasteiger partial charge in [-0.3, -0.25) is 9.78 Å². The molecule has 0 aliphatic carbocycles. The summed E-state index contributed by atoms with van der Waals surface area (Å²) in [7, 11) is 1.69. The van der Waals surface area contributed by atoms with Gasteiger partial charge in [0.15, 0.2) is 0 Å². The number of carbonyl (C=O) groups excluding carboxylic acids is 1. The Hall–Kier alpha value is -2.50. The Bertz CT molecular complexity index is 697. The van der Waals surface area contributed by atoms with Crippen LogP contribution in [0, 0.1) is 13.8 Å². The Labute approximate surface area is 140 Å².